The van der Waals surface area contributed by atoms with Gasteiger partial charge >= 0.3 is 0 Å². The van der Waals surface area contributed by atoms with Gasteiger partial charge in [-0.25, -0.2) is 0 Å². The molecule has 0 radical (unpaired) electrons. The van der Waals surface area contributed by atoms with E-state index in [0.29, 0.717) is 6.04 Å². The van der Waals surface area contributed by atoms with Gasteiger partial charge in [-0.3, -0.25) is 0 Å². The molecule has 1 heterocycles. The maximum atomic E-state index is 4.12. The van der Waals surface area contributed by atoms with Gasteiger partial charge in [0.2, 0.25) is 0 Å². The molecule has 1 aliphatic rings. The monoisotopic (exact) mass is 236 g/mol. The van der Waals surface area contributed by atoms with E-state index in [0.717, 1.165) is 18.3 Å². The minimum Gasteiger partial charge on any atom is -0.320 e. The van der Waals surface area contributed by atoms with Gasteiger partial charge in [-0.1, -0.05) is 26.2 Å². The Bertz CT molecular complexity index is 328. The fourth-order valence-electron chi connectivity index (χ4n) is 2.87. The van der Waals surface area contributed by atoms with Gasteiger partial charge in [0.25, 0.3) is 0 Å². The molecule has 4 nitrogen and oxygen atoms in total. The molecule has 2 rings (SSSR count). The van der Waals surface area contributed by atoms with Crippen LogP contribution < -0.4 is 5.32 Å². The maximum Gasteiger partial charge on any atom is 0.146 e. The lowest BCUT2D eigenvalue weighted by Crippen LogP contribution is -2.36. The fraction of sp³-hybridized carbons (Fsp3) is 0.846. The van der Waals surface area contributed by atoms with Crippen LogP contribution in [0.1, 0.15) is 51.3 Å². The van der Waals surface area contributed by atoms with Crippen LogP contribution in [0.4, 0.5) is 0 Å². The second-order valence-electron chi connectivity index (χ2n) is 5.15. The second-order valence-corrected chi connectivity index (χ2v) is 5.15. The van der Waals surface area contributed by atoms with Crippen LogP contribution in [-0.4, -0.2) is 20.8 Å². The molecule has 1 unspecified atom stereocenters. The first-order chi connectivity index (χ1) is 8.31. The molecule has 1 aliphatic carbocycles. The van der Waals surface area contributed by atoms with E-state index in [1.165, 1.54) is 38.5 Å². The molecule has 1 aromatic heterocycles. The molecule has 1 fully saturated rings. The average Bonchev–Trinajstić information content (AvgIpc) is 2.77. The van der Waals surface area contributed by atoms with Gasteiger partial charge in [0.1, 0.15) is 12.2 Å². The van der Waals surface area contributed by atoms with Crippen LogP contribution in [0.25, 0.3) is 0 Å². The summed E-state index contributed by atoms with van der Waals surface area (Å²) < 4.78 is 1.99. The van der Waals surface area contributed by atoms with Crippen molar-refractivity contribution in [3.8, 4) is 0 Å². The SMILES string of the molecule is CCC(NCc1nncn1C)C1CCCCC1. The number of nitrogens with zero attached hydrogens (tertiary/aromatic N) is 3. The predicted octanol–water partition coefficient (Wildman–Crippen LogP) is 2.26. The number of aromatic nitrogens is 3. The van der Waals surface area contributed by atoms with E-state index >= 15 is 0 Å². The predicted molar refractivity (Wildman–Crippen MR) is 68.5 cm³/mol. The summed E-state index contributed by atoms with van der Waals surface area (Å²) in [7, 11) is 2.00. The third kappa shape index (κ3) is 3.28. The highest BCUT2D eigenvalue weighted by Crippen LogP contribution is 2.27. The first kappa shape index (κ1) is 12.6. The standard InChI is InChI=1S/C13H24N4/c1-3-12(11-7-5-4-6-8-11)14-9-13-16-15-10-17(13)2/h10-12,14H,3-9H2,1-2H3. The molecule has 17 heavy (non-hydrogen) atoms. The summed E-state index contributed by atoms with van der Waals surface area (Å²) in [6.45, 7) is 3.12. The van der Waals surface area contributed by atoms with Crippen molar-refractivity contribution in [3.63, 3.8) is 0 Å². The Morgan fingerprint density at radius 3 is 2.76 bits per heavy atom. The third-order valence-corrected chi connectivity index (χ3v) is 3.99. The van der Waals surface area contributed by atoms with Crippen LogP contribution in [0.15, 0.2) is 6.33 Å². The topological polar surface area (TPSA) is 42.7 Å². The normalized spacial score (nSPS) is 19.4. The molecule has 0 amide bonds. The molecule has 0 aromatic carbocycles. The quantitative estimate of drug-likeness (QED) is 0.852. The first-order valence-corrected chi connectivity index (χ1v) is 6.87. The lowest BCUT2D eigenvalue weighted by Gasteiger charge is -2.30. The van der Waals surface area contributed by atoms with Crippen LogP contribution in [-0.2, 0) is 13.6 Å². The molecule has 1 atom stereocenters. The van der Waals surface area contributed by atoms with Gasteiger partial charge in [-0.15, -0.1) is 10.2 Å². The van der Waals surface area contributed by atoms with Crippen LogP contribution in [0.3, 0.4) is 0 Å². The summed E-state index contributed by atoms with van der Waals surface area (Å²) in [6.07, 6.45) is 10.0. The van der Waals surface area contributed by atoms with E-state index in [1.54, 1.807) is 6.33 Å². The number of hydrogen-bond acceptors (Lipinski definition) is 3. The highest BCUT2D eigenvalue weighted by molar-refractivity contribution is 4.86. The van der Waals surface area contributed by atoms with Crippen molar-refractivity contribution in [2.75, 3.05) is 0 Å². The van der Waals surface area contributed by atoms with Crippen molar-refractivity contribution in [1.29, 1.82) is 0 Å². The highest BCUT2D eigenvalue weighted by atomic mass is 15.3. The number of hydrogen-bond donors (Lipinski definition) is 1. The van der Waals surface area contributed by atoms with Gasteiger partial charge in [0, 0.05) is 13.1 Å². The Kier molecular flexibility index (Phi) is 4.54. The summed E-state index contributed by atoms with van der Waals surface area (Å²) >= 11 is 0. The lowest BCUT2D eigenvalue weighted by atomic mass is 9.83. The highest BCUT2D eigenvalue weighted by Gasteiger charge is 2.22. The first-order valence-electron chi connectivity index (χ1n) is 6.87. The van der Waals surface area contributed by atoms with Gasteiger partial charge in [-0.2, -0.15) is 0 Å². The zero-order valence-corrected chi connectivity index (χ0v) is 11.0. The molecule has 1 saturated carbocycles. The fourth-order valence-corrected chi connectivity index (χ4v) is 2.87. The zero-order valence-electron chi connectivity index (χ0n) is 11.0. The van der Waals surface area contributed by atoms with Crippen molar-refractivity contribution in [3.05, 3.63) is 12.2 Å². The Balaban J connectivity index is 1.84. The molecule has 96 valence electrons. The van der Waals surface area contributed by atoms with Crippen molar-refractivity contribution < 1.29 is 0 Å². The molecule has 0 bridgehead atoms. The van der Waals surface area contributed by atoms with Crippen molar-refractivity contribution in [2.45, 2.75) is 58.0 Å². The van der Waals surface area contributed by atoms with Crippen molar-refractivity contribution >= 4 is 0 Å². The zero-order chi connectivity index (χ0) is 12.1. The summed E-state index contributed by atoms with van der Waals surface area (Å²) in [4.78, 5) is 0. The van der Waals surface area contributed by atoms with Crippen LogP contribution >= 0.6 is 0 Å². The molecule has 1 aromatic rings. The minimum absolute atomic E-state index is 0.645. The van der Waals surface area contributed by atoms with Gasteiger partial charge in [-0.05, 0) is 25.2 Å². The van der Waals surface area contributed by atoms with Gasteiger partial charge in [0.05, 0.1) is 6.54 Å². The summed E-state index contributed by atoms with van der Waals surface area (Å²) in [5.74, 6) is 1.89. The van der Waals surface area contributed by atoms with Crippen molar-refractivity contribution in [2.24, 2.45) is 13.0 Å². The number of rotatable bonds is 5. The Morgan fingerprint density at radius 1 is 1.41 bits per heavy atom. The molecular formula is C13H24N4. The van der Waals surface area contributed by atoms with Crippen LogP contribution in [0.2, 0.25) is 0 Å². The summed E-state index contributed by atoms with van der Waals surface area (Å²) in [5.41, 5.74) is 0. The third-order valence-electron chi connectivity index (χ3n) is 3.99. The molecule has 0 spiro atoms. The van der Waals surface area contributed by atoms with E-state index in [1.807, 2.05) is 11.6 Å². The van der Waals surface area contributed by atoms with E-state index in [-0.39, 0.29) is 0 Å². The maximum absolute atomic E-state index is 4.12. The molecular weight excluding hydrogens is 212 g/mol. The second kappa shape index (κ2) is 6.15. The molecule has 4 heteroatoms. The van der Waals surface area contributed by atoms with E-state index in [4.69, 9.17) is 0 Å². The van der Waals surface area contributed by atoms with Gasteiger partial charge in [0.15, 0.2) is 0 Å². The van der Waals surface area contributed by atoms with E-state index in [2.05, 4.69) is 22.4 Å². The Morgan fingerprint density at radius 2 is 2.18 bits per heavy atom. The lowest BCUT2D eigenvalue weighted by molar-refractivity contribution is 0.260. The molecule has 0 saturated heterocycles. The Hall–Kier alpha value is -0.900. The molecule has 0 aliphatic heterocycles. The summed E-state index contributed by atoms with van der Waals surface area (Å²) in [6, 6.07) is 0.645. The largest absolute Gasteiger partial charge is 0.320 e. The van der Waals surface area contributed by atoms with E-state index < -0.39 is 0 Å². The average molecular weight is 236 g/mol. The van der Waals surface area contributed by atoms with Gasteiger partial charge < -0.3 is 9.88 Å². The smallest absolute Gasteiger partial charge is 0.146 e. The summed E-state index contributed by atoms with van der Waals surface area (Å²) in [5, 5.41) is 11.7. The van der Waals surface area contributed by atoms with E-state index in [9.17, 15) is 0 Å². The van der Waals surface area contributed by atoms with Crippen LogP contribution in [0.5, 0.6) is 0 Å². The Labute approximate surface area is 104 Å². The number of nitrogens with one attached hydrogen (secondary N) is 1. The minimum atomic E-state index is 0.645. The van der Waals surface area contributed by atoms with Crippen molar-refractivity contribution in [1.82, 2.24) is 20.1 Å². The number of aryl methyl sites for hydroxylation is 1. The van der Waals surface area contributed by atoms with Crippen LogP contribution in [0, 0.1) is 5.92 Å². The molecule has 1 N–H and O–H groups in total.